The van der Waals surface area contributed by atoms with Crippen LogP contribution in [0.5, 0.6) is 0 Å². The van der Waals surface area contributed by atoms with Crippen molar-refractivity contribution in [1.29, 1.82) is 0 Å². The Balaban J connectivity index is 2.36. The van der Waals surface area contributed by atoms with E-state index in [0.717, 1.165) is 4.88 Å². The van der Waals surface area contributed by atoms with E-state index in [0.29, 0.717) is 21.1 Å². The van der Waals surface area contributed by atoms with E-state index in [1.54, 1.807) is 23.9 Å². The molecule has 0 bridgehead atoms. The summed E-state index contributed by atoms with van der Waals surface area (Å²) in [5.74, 6) is 5.94. The molecule has 17 heavy (non-hydrogen) atoms. The van der Waals surface area contributed by atoms with E-state index in [1.165, 1.54) is 11.3 Å². The van der Waals surface area contributed by atoms with Crippen LogP contribution in [0.2, 0.25) is 0 Å². The maximum Gasteiger partial charge on any atom is 0.267 e. The van der Waals surface area contributed by atoms with E-state index in [2.05, 4.69) is 15.4 Å². The highest BCUT2D eigenvalue weighted by Gasteiger charge is 2.08. The number of nitrogens with one attached hydrogen (secondary N) is 1. The van der Waals surface area contributed by atoms with Gasteiger partial charge in [0.2, 0.25) is 0 Å². The molecule has 0 saturated heterocycles. The Morgan fingerprint density at radius 1 is 1.53 bits per heavy atom. The zero-order chi connectivity index (χ0) is 12.4. The summed E-state index contributed by atoms with van der Waals surface area (Å²) in [5, 5.41) is 0.629. The zero-order valence-corrected chi connectivity index (χ0v) is 11.9. The second-order valence-corrected chi connectivity index (χ2v) is 5.60. The summed E-state index contributed by atoms with van der Waals surface area (Å²) >= 11 is 3.40. The number of aryl methyl sites for hydroxylation is 1. The topological polar surface area (TPSA) is 85.8 Å². The van der Waals surface area contributed by atoms with Gasteiger partial charge in [0.25, 0.3) is 5.56 Å². The molecule has 0 fully saturated rings. The van der Waals surface area contributed by atoms with Gasteiger partial charge in [-0.15, -0.1) is 0 Å². The standard InChI is InChI=1S/C9H10IN5OS/c1-5-12-3-7(10)8(16)15(5)4-6-2-13-9(14-11)17-6/h2-3H,4,11H2,1H3,(H,13,14). The molecule has 0 aliphatic carbocycles. The van der Waals surface area contributed by atoms with Crippen molar-refractivity contribution in [2.45, 2.75) is 13.5 Å². The predicted molar refractivity (Wildman–Crippen MR) is 75.0 cm³/mol. The smallest absolute Gasteiger partial charge is 0.267 e. The Morgan fingerprint density at radius 2 is 2.29 bits per heavy atom. The van der Waals surface area contributed by atoms with Crippen LogP contribution < -0.4 is 16.8 Å². The summed E-state index contributed by atoms with van der Waals surface area (Å²) in [6.07, 6.45) is 3.28. The van der Waals surface area contributed by atoms with Gasteiger partial charge in [0.05, 0.1) is 10.1 Å². The van der Waals surface area contributed by atoms with Crippen LogP contribution in [0.1, 0.15) is 10.7 Å². The maximum atomic E-state index is 11.9. The highest BCUT2D eigenvalue weighted by Crippen LogP contribution is 2.17. The number of halogens is 1. The molecule has 2 aromatic heterocycles. The van der Waals surface area contributed by atoms with Gasteiger partial charge in [-0.05, 0) is 29.5 Å². The Morgan fingerprint density at radius 3 is 2.94 bits per heavy atom. The van der Waals surface area contributed by atoms with Crippen molar-refractivity contribution in [2.24, 2.45) is 5.84 Å². The first-order chi connectivity index (χ1) is 8.11. The third-order valence-electron chi connectivity index (χ3n) is 2.20. The van der Waals surface area contributed by atoms with Gasteiger partial charge in [-0.1, -0.05) is 11.3 Å². The van der Waals surface area contributed by atoms with Crippen LogP contribution in [0.25, 0.3) is 0 Å². The molecule has 90 valence electrons. The van der Waals surface area contributed by atoms with Crippen LogP contribution in [0.15, 0.2) is 17.2 Å². The normalized spacial score (nSPS) is 10.5. The Hall–Kier alpha value is -1.00. The minimum atomic E-state index is -0.0336. The fraction of sp³-hybridized carbons (Fsp3) is 0.222. The zero-order valence-electron chi connectivity index (χ0n) is 8.98. The molecule has 0 spiro atoms. The molecule has 0 unspecified atom stereocenters. The average molecular weight is 363 g/mol. The minimum absolute atomic E-state index is 0.0336. The van der Waals surface area contributed by atoms with Crippen molar-refractivity contribution in [3.05, 3.63) is 37.0 Å². The van der Waals surface area contributed by atoms with Gasteiger partial charge < -0.3 is 0 Å². The fourth-order valence-electron chi connectivity index (χ4n) is 1.34. The lowest BCUT2D eigenvalue weighted by molar-refractivity contribution is 0.701. The van der Waals surface area contributed by atoms with Gasteiger partial charge in [0.1, 0.15) is 5.82 Å². The number of nitrogens with two attached hydrogens (primary N) is 1. The quantitative estimate of drug-likeness (QED) is 0.482. The molecule has 0 amide bonds. The number of hydrazine groups is 1. The van der Waals surface area contributed by atoms with Crippen molar-refractivity contribution in [3.8, 4) is 0 Å². The van der Waals surface area contributed by atoms with Crippen LogP contribution in [0.4, 0.5) is 5.13 Å². The minimum Gasteiger partial charge on any atom is -0.300 e. The largest absolute Gasteiger partial charge is 0.300 e. The SMILES string of the molecule is Cc1ncc(I)c(=O)n1Cc1cnc(NN)s1. The summed E-state index contributed by atoms with van der Waals surface area (Å²) in [6.45, 7) is 2.27. The lowest BCUT2D eigenvalue weighted by Crippen LogP contribution is -2.25. The maximum absolute atomic E-state index is 11.9. The third kappa shape index (κ3) is 2.64. The molecule has 3 N–H and O–H groups in total. The van der Waals surface area contributed by atoms with Gasteiger partial charge in [-0.3, -0.25) is 14.8 Å². The first kappa shape index (κ1) is 12.5. The molecule has 0 atom stereocenters. The van der Waals surface area contributed by atoms with Gasteiger partial charge >= 0.3 is 0 Å². The monoisotopic (exact) mass is 363 g/mol. The fourth-order valence-corrected chi connectivity index (χ4v) is 2.48. The van der Waals surface area contributed by atoms with E-state index < -0.39 is 0 Å². The Labute approximate surface area is 115 Å². The average Bonchev–Trinajstić information content (AvgIpc) is 2.77. The number of rotatable bonds is 3. The first-order valence-electron chi connectivity index (χ1n) is 4.75. The van der Waals surface area contributed by atoms with E-state index in [4.69, 9.17) is 5.84 Å². The molecular formula is C9H10IN5OS. The van der Waals surface area contributed by atoms with Crippen LogP contribution in [-0.4, -0.2) is 14.5 Å². The van der Waals surface area contributed by atoms with Crippen molar-refractivity contribution in [2.75, 3.05) is 5.43 Å². The second-order valence-electron chi connectivity index (χ2n) is 3.32. The number of hydrogen-bond acceptors (Lipinski definition) is 6. The Kier molecular flexibility index (Phi) is 3.74. The summed E-state index contributed by atoms with van der Waals surface area (Å²) in [7, 11) is 0. The van der Waals surface area contributed by atoms with Gasteiger partial charge in [0, 0.05) is 17.3 Å². The highest BCUT2D eigenvalue weighted by molar-refractivity contribution is 14.1. The molecule has 0 aliphatic heterocycles. The van der Waals surface area contributed by atoms with Crippen molar-refractivity contribution >= 4 is 39.1 Å². The summed E-state index contributed by atoms with van der Waals surface area (Å²) < 4.78 is 2.23. The molecular weight excluding hydrogens is 353 g/mol. The number of aromatic nitrogens is 3. The van der Waals surface area contributed by atoms with Gasteiger partial charge in [-0.2, -0.15) is 0 Å². The number of anilines is 1. The molecule has 0 aliphatic rings. The molecule has 2 heterocycles. The van der Waals surface area contributed by atoms with Gasteiger partial charge in [0.15, 0.2) is 5.13 Å². The molecule has 8 heteroatoms. The first-order valence-corrected chi connectivity index (χ1v) is 6.64. The number of nitrogens with zero attached hydrogens (tertiary/aromatic N) is 3. The molecule has 2 rings (SSSR count). The number of thiazole rings is 1. The van der Waals surface area contributed by atoms with E-state index in [9.17, 15) is 4.79 Å². The lowest BCUT2D eigenvalue weighted by atomic mass is 10.4. The highest BCUT2D eigenvalue weighted by atomic mass is 127. The van der Waals surface area contributed by atoms with Crippen molar-refractivity contribution in [3.63, 3.8) is 0 Å². The van der Waals surface area contributed by atoms with E-state index in [-0.39, 0.29) is 5.56 Å². The van der Waals surface area contributed by atoms with E-state index >= 15 is 0 Å². The number of hydrogen-bond donors (Lipinski definition) is 2. The molecule has 6 nitrogen and oxygen atoms in total. The van der Waals surface area contributed by atoms with Crippen LogP contribution >= 0.6 is 33.9 Å². The van der Waals surface area contributed by atoms with Gasteiger partial charge in [-0.25, -0.2) is 15.8 Å². The Bertz CT molecular complexity index is 593. The predicted octanol–water partition coefficient (Wildman–Crippen LogP) is 0.947. The lowest BCUT2D eigenvalue weighted by Gasteiger charge is -2.07. The summed E-state index contributed by atoms with van der Waals surface area (Å²) in [5.41, 5.74) is 2.44. The third-order valence-corrected chi connectivity index (χ3v) is 3.85. The van der Waals surface area contributed by atoms with Crippen LogP contribution in [0.3, 0.4) is 0 Å². The molecule has 0 aromatic carbocycles. The van der Waals surface area contributed by atoms with Crippen molar-refractivity contribution < 1.29 is 0 Å². The van der Waals surface area contributed by atoms with E-state index in [1.807, 2.05) is 22.6 Å². The summed E-state index contributed by atoms with van der Waals surface area (Å²) in [4.78, 5) is 21.1. The van der Waals surface area contributed by atoms with Crippen LogP contribution in [0, 0.1) is 10.5 Å². The summed E-state index contributed by atoms with van der Waals surface area (Å²) in [6, 6.07) is 0. The molecule has 0 radical (unpaired) electrons. The second kappa shape index (κ2) is 5.10. The number of nitrogen functional groups attached to an aromatic ring is 1. The molecule has 0 saturated carbocycles. The van der Waals surface area contributed by atoms with Crippen LogP contribution in [-0.2, 0) is 6.54 Å². The van der Waals surface area contributed by atoms with Crippen molar-refractivity contribution in [1.82, 2.24) is 14.5 Å². The molecule has 2 aromatic rings.